The predicted molar refractivity (Wildman–Crippen MR) is 112 cm³/mol. The zero-order valence-corrected chi connectivity index (χ0v) is 16.3. The molecule has 0 aromatic heterocycles. The maximum Gasteiger partial charge on any atom is 0.193 e. The highest BCUT2D eigenvalue weighted by Crippen LogP contribution is 2.19. The van der Waals surface area contributed by atoms with Crippen LogP contribution in [-0.4, -0.2) is 31.1 Å². The van der Waals surface area contributed by atoms with Gasteiger partial charge in [0.15, 0.2) is 5.96 Å². The van der Waals surface area contributed by atoms with Gasteiger partial charge < -0.3 is 15.8 Å². The van der Waals surface area contributed by atoms with Gasteiger partial charge in [-0.15, -0.1) is 0 Å². The van der Waals surface area contributed by atoms with Gasteiger partial charge in [0, 0.05) is 12.2 Å². The summed E-state index contributed by atoms with van der Waals surface area (Å²) < 4.78 is 5.16. The topological polar surface area (TPSA) is 62.9 Å². The van der Waals surface area contributed by atoms with Crippen LogP contribution in [0, 0.1) is 5.92 Å². The lowest BCUT2D eigenvalue weighted by molar-refractivity contribution is 0.185. The number of hydrogen-bond donors (Lipinski definition) is 2. The number of rotatable bonds is 6. The lowest BCUT2D eigenvalue weighted by atomic mass is 9.98. The Morgan fingerprint density at radius 2 is 1.85 bits per heavy atom. The van der Waals surface area contributed by atoms with Crippen LogP contribution >= 0.6 is 0 Å². The number of piperidine rings is 1. The van der Waals surface area contributed by atoms with Crippen LogP contribution in [0.1, 0.15) is 30.9 Å². The van der Waals surface area contributed by atoms with E-state index in [4.69, 9.17) is 10.5 Å². The average Bonchev–Trinajstić information content (AvgIpc) is 2.69. The van der Waals surface area contributed by atoms with Crippen molar-refractivity contribution in [2.45, 2.75) is 32.9 Å². The molecule has 144 valence electrons. The van der Waals surface area contributed by atoms with E-state index >= 15 is 0 Å². The van der Waals surface area contributed by atoms with Crippen LogP contribution in [0.4, 0.5) is 5.69 Å². The fourth-order valence-electron chi connectivity index (χ4n) is 3.34. The summed E-state index contributed by atoms with van der Waals surface area (Å²) in [5.41, 5.74) is 9.44. The average molecular weight is 367 g/mol. The normalized spacial score (nSPS) is 16.3. The van der Waals surface area contributed by atoms with Crippen LogP contribution in [0.15, 0.2) is 53.5 Å². The van der Waals surface area contributed by atoms with Gasteiger partial charge in [0.2, 0.25) is 0 Å². The third kappa shape index (κ3) is 6.00. The maximum atomic E-state index is 6.02. The molecule has 0 amide bonds. The van der Waals surface area contributed by atoms with E-state index in [0.717, 1.165) is 23.9 Å². The molecule has 1 aliphatic rings. The van der Waals surface area contributed by atoms with Crippen LogP contribution in [-0.2, 0) is 13.1 Å². The van der Waals surface area contributed by atoms with Crippen LogP contribution in [0.2, 0.25) is 0 Å². The molecule has 2 aromatic rings. The van der Waals surface area contributed by atoms with Gasteiger partial charge in [0.25, 0.3) is 0 Å². The smallest absolute Gasteiger partial charge is 0.193 e. The Kier molecular flexibility index (Phi) is 6.71. The number of nitrogens with zero attached hydrogens (tertiary/aromatic N) is 2. The Hall–Kier alpha value is -2.53. The third-order valence-electron chi connectivity index (χ3n) is 5.07. The van der Waals surface area contributed by atoms with Gasteiger partial charge in [0.05, 0.1) is 13.7 Å². The Bertz CT molecular complexity index is 749. The molecule has 5 nitrogen and oxygen atoms in total. The third-order valence-corrected chi connectivity index (χ3v) is 5.07. The number of aliphatic imine (C=N–C) groups is 1. The van der Waals surface area contributed by atoms with Crippen molar-refractivity contribution >= 4 is 11.6 Å². The number of nitrogens with two attached hydrogens (primary N) is 1. The first-order valence-corrected chi connectivity index (χ1v) is 9.63. The Labute approximate surface area is 162 Å². The summed E-state index contributed by atoms with van der Waals surface area (Å²) in [4.78, 5) is 7.01. The van der Waals surface area contributed by atoms with E-state index in [-0.39, 0.29) is 0 Å². The standard InChI is InChI=1S/C22H30N4O/c1-17-10-12-26(13-11-17)16-19-5-3-4-18(14-19)15-24-22(23)25-20-6-8-21(27-2)9-7-20/h3-9,14,17H,10-13,15-16H2,1-2H3,(H3,23,24,25). The van der Waals surface area contributed by atoms with Crippen molar-refractivity contribution < 1.29 is 4.74 Å². The summed E-state index contributed by atoms with van der Waals surface area (Å²) in [6.45, 7) is 6.33. The molecule has 27 heavy (non-hydrogen) atoms. The Morgan fingerprint density at radius 1 is 1.15 bits per heavy atom. The Balaban J connectivity index is 1.54. The quantitative estimate of drug-likeness (QED) is 0.602. The molecule has 1 saturated heterocycles. The molecule has 0 aliphatic carbocycles. The highest BCUT2D eigenvalue weighted by atomic mass is 16.5. The molecule has 0 spiro atoms. The van der Waals surface area contributed by atoms with E-state index in [1.54, 1.807) is 7.11 Å². The monoisotopic (exact) mass is 366 g/mol. The summed E-state index contributed by atoms with van der Waals surface area (Å²) in [5, 5.41) is 3.11. The van der Waals surface area contributed by atoms with E-state index in [9.17, 15) is 0 Å². The summed E-state index contributed by atoms with van der Waals surface area (Å²) in [6, 6.07) is 16.3. The second-order valence-electron chi connectivity index (χ2n) is 7.33. The number of likely N-dealkylation sites (tertiary alicyclic amines) is 1. The SMILES string of the molecule is COc1ccc(NC(N)=NCc2cccc(CN3CCC(C)CC3)c2)cc1. The van der Waals surface area contributed by atoms with Gasteiger partial charge in [-0.3, -0.25) is 4.90 Å². The molecule has 0 bridgehead atoms. The van der Waals surface area contributed by atoms with Crippen molar-refractivity contribution in [1.29, 1.82) is 0 Å². The molecule has 1 aliphatic heterocycles. The summed E-state index contributed by atoms with van der Waals surface area (Å²) >= 11 is 0. The molecule has 2 aromatic carbocycles. The zero-order chi connectivity index (χ0) is 19.1. The largest absolute Gasteiger partial charge is 0.497 e. The van der Waals surface area contributed by atoms with Crippen molar-refractivity contribution in [3.63, 3.8) is 0 Å². The van der Waals surface area contributed by atoms with E-state index in [1.165, 1.54) is 37.1 Å². The van der Waals surface area contributed by atoms with Gasteiger partial charge >= 0.3 is 0 Å². The van der Waals surface area contributed by atoms with Crippen LogP contribution in [0.3, 0.4) is 0 Å². The number of hydrogen-bond acceptors (Lipinski definition) is 3. The minimum absolute atomic E-state index is 0.413. The summed E-state index contributed by atoms with van der Waals surface area (Å²) in [5.74, 6) is 2.09. The van der Waals surface area contributed by atoms with Crippen LogP contribution < -0.4 is 15.8 Å². The van der Waals surface area contributed by atoms with E-state index in [0.29, 0.717) is 12.5 Å². The van der Waals surface area contributed by atoms with Gasteiger partial charge in [-0.2, -0.15) is 0 Å². The van der Waals surface area contributed by atoms with Gasteiger partial charge in [-0.05, 0) is 67.2 Å². The molecule has 0 radical (unpaired) electrons. The van der Waals surface area contributed by atoms with Crippen molar-refractivity contribution in [2.75, 3.05) is 25.5 Å². The molecule has 1 heterocycles. The molecule has 1 fully saturated rings. The first-order valence-electron chi connectivity index (χ1n) is 9.63. The summed E-state index contributed by atoms with van der Waals surface area (Å²) in [6.07, 6.45) is 2.61. The van der Waals surface area contributed by atoms with Crippen molar-refractivity contribution in [2.24, 2.45) is 16.6 Å². The van der Waals surface area contributed by atoms with E-state index in [1.807, 2.05) is 24.3 Å². The summed E-state index contributed by atoms with van der Waals surface area (Å²) in [7, 11) is 1.65. The highest BCUT2D eigenvalue weighted by molar-refractivity contribution is 5.92. The van der Waals surface area contributed by atoms with Gasteiger partial charge in [-0.25, -0.2) is 4.99 Å². The number of ether oxygens (including phenoxy) is 1. The predicted octanol–water partition coefficient (Wildman–Crippen LogP) is 3.85. The number of nitrogens with one attached hydrogen (secondary N) is 1. The molecule has 0 unspecified atom stereocenters. The lowest BCUT2D eigenvalue weighted by Crippen LogP contribution is -2.32. The first kappa shape index (κ1) is 19.2. The zero-order valence-electron chi connectivity index (χ0n) is 16.3. The number of methoxy groups -OCH3 is 1. The fourth-order valence-corrected chi connectivity index (χ4v) is 3.34. The van der Waals surface area contributed by atoms with Crippen molar-refractivity contribution in [3.8, 4) is 5.75 Å². The maximum absolute atomic E-state index is 6.02. The van der Waals surface area contributed by atoms with Crippen molar-refractivity contribution in [1.82, 2.24) is 4.90 Å². The Morgan fingerprint density at radius 3 is 2.56 bits per heavy atom. The number of anilines is 1. The molecular formula is C22H30N4O. The second-order valence-corrected chi connectivity index (χ2v) is 7.33. The molecule has 0 saturated carbocycles. The van der Waals surface area contributed by atoms with Crippen LogP contribution in [0.25, 0.3) is 0 Å². The molecular weight excluding hydrogens is 336 g/mol. The molecule has 5 heteroatoms. The minimum atomic E-state index is 0.413. The molecule has 3 rings (SSSR count). The minimum Gasteiger partial charge on any atom is -0.497 e. The van der Waals surface area contributed by atoms with E-state index in [2.05, 4.69) is 46.4 Å². The van der Waals surface area contributed by atoms with Crippen LogP contribution in [0.5, 0.6) is 5.75 Å². The first-order chi connectivity index (χ1) is 13.1. The highest BCUT2D eigenvalue weighted by Gasteiger charge is 2.15. The van der Waals surface area contributed by atoms with E-state index < -0.39 is 0 Å². The number of guanidine groups is 1. The number of benzene rings is 2. The second kappa shape index (κ2) is 9.42. The molecule has 0 atom stereocenters. The fraction of sp³-hybridized carbons (Fsp3) is 0.409. The van der Waals surface area contributed by atoms with Crippen molar-refractivity contribution in [3.05, 3.63) is 59.7 Å². The lowest BCUT2D eigenvalue weighted by Gasteiger charge is -2.30. The van der Waals surface area contributed by atoms with Gasteiger partial charge in [-0.1, -0.05) is 31.2 Å². The van der Waals surface area contributed by atoms with Gasteiger partial charge in [0.1, 0.15) is 5.75 Å². The molecule has 3 N–H and O–H groups in total.